The topological polar surface area (TPSA) is 55.4 Å². The zero-order valence-corrected chi connectivity index (χ0v) is 15.3. The Balaban J connectivity index is 2.43. The average Bonchev–Trinajstić information content (AvgIpc) is 2.89. The predicted molar refractivity (Wildman–Crippen MR) is 86.1 cm³/mol. The van der Waals surface area contributed by atoms with E-state index in [2.05, 4.69) is 4.74 Å². The Kier molecular flexibility index (Phi) is 6.31. The first kappa shape index (κ1) is 22.4. The van der Waals surface area contributed by atoms with E-state index in [0.717, 1.165) is 20.0 Å². The molecule has 0 spiro atoms. The van der Waals surface area contributed by atoms with Crippen molar-refractivity contribution in [3.8, 4) is 0 Å². The summed E-state index contributed by atoms with van der Waals surface area (Å²) in [5.74, 6) is -16.5. The third kappa shape index (κ3) is 3.96. The molecule has 0 aromatic carbocycles. The van der Waals surface area contributed by atoms with E-state index < -0.39 is 34.9 Å². The summed E-state index contributed by atoms with van der Waals surface area (Å²) >= 11 is 0.699. The maximum absolute atomic E-state index is 13.6. The van der Waals surface area contributed by atoms with Gasteiger partial charge in [-0.3, -0.25) is 4.79 Å². The fourth-order valence-corrected chi connectivity index (χ4v) is 4.10. The minimum atomic E-state index is -6.64. The number of carbonyl (C=O) groups excluding carboxylic acids is 2. The van der Waals surface area contributed by atoms with Crippen LogP contribution in [0, 0.1) is 0 Å². The number of hydrogen-bond donors (Lipinski definition) is 1. The Morgan fingerprint density at radius 2 is 1.54 bits per heavy atom. The van der Waals surface area contributed by atoms with E-state index in [9.17, 15) is 40.3 Å². The van der Waals surface area contributed by atoms with Crippen LogP contribution in [0.2, 0.25) is 0 Å². The second kappa shape index (κ2) is 7.88. The van der Waals surface area contributed by atoms with E-state index in [-0.39, 0.29) is 5.56 Å². The highest BCUT2D eigenvalue weighted by atomic mass is 32.1. The predicted octanol–water partition coefficient (Wildman–Crippen LogP) is 4.97. The molecule has 28 heavy (non-hydrogen) atoms. The Morgan fingerprint density at radius 3 is 2.07 bits per heavy atom. The molecule has 1 aliphatic rings. The van der Waals surface area contributed by atoms with Gasteiger partial charge >= 0.3 is 29.9 Å². The van der Waals surface area contributed by atoms with Gasteiger partial charge in [0.15, 0.2) is 0 Å². The fourth-order valence-electron chi connectivity index (χ4n) is 2.83. The van der Waals surface area contributed by atoms with Gasteiger partial charge in [0.05, 0.1) is 12.7 Å². The van der Waals surface area contributed by atoms with E-state index in [0.29, 0.717) is 47.5 Å². The summed E-state index contributed by atoms with van der Waals surface area (Å²) in [7, 11) is 0.993. The number of rotatable bonds is 4. The number of ether oxygens (including phenoxy) is 1. The third-order valence-electron chi connectivity index (χ3n) is 4.32. The number of amides is 1. The number of fused-ring (bicyclic) bond motifs is 1. The molecule has 1 N–H and O–H groups in total. The van der Waals surface area contributed by atoms with Crippen LogP contribution in [0.3, 0.4) is 0 Å². The lowest BCUT2D eigenvalue weighted by Crippen LogP contribution is -2.57. The molecule has 4 nitrogen and oxygen atoms in total. The van der Waals surface area contributed by atoms with Crippen molar-refractivity contribution in [2.75, 3.05) is 12.4 Å². The summed E-state index contributed by atoms with van der Waals surface area (Å²) in [4.78, 5) is 24.3. The van der Waals surface area contributed by atoms with Crippen molar-refractivity contribution in [2.24, 2.45) is 0 Å². The number of methoxy groups -OCH3 is 1. The molecule has 0 fully saturated rings. The molecule has 0 radical (unpaired) electrons. The van der Waals surface area contributed by atoms with E-state index in [1.807, 2.05) is 0 Å². The van der Waals surface area contributed by atoms with Gasteiger partial charge in [0.25, 0.3) is 0 Å². The molecule has 158 valence electrons. The van der Waals surface area contributed by atoms with Crippen LogP contribution in [0.1, 0.15) is 46.5 Å². The van der Waals surface area contributed by atoms with Crippen molar-refractivity contribution in [1.29, 1.82) is 0 Å². The summed E-state index contributed by atoms with van der Waals surface area (Å²) in [5, 5.41) is 0.865. The Labute approximate surface area is 159 Å². The molecule has 0 saturated heterocycles. The lowest BCUT2D eigenvalue weighted by Gasteiger charge is -2.26. The van der Waals surface area contributed by atoms with Crippen LogP contribution in [-0.2, 0) is 22.4 Å². The molecule has 0 saturated carbocycles. The minimum Gasteiger partial charge on any atom is -0.465 e. The first-order valence-corrected chi connectivity index (χ1v) is 9.03. The van der Waals surface area contributed by atoms with Gasteiger partial charge in [-0.05, 0) is 31.2 Å². The molecule has 0 atom stereocenters. The van der Waals surface area contributed by atoms with Gasteiger partial charge in [-0.2, -0.15) is 30.7 Å². The van der Waals surface area contributed by atoms with Gasteiger partial charge in [-0.25, -0.2) is 4.79 Å². The zero-order chi connectivity index (χ0) is 21.3. The van der Waals surface area contributed by atoms with Crippen molar-refractivity contribution in [3.05, 3.63) is 16.0 Å². The van der Waals surface area contributed by atoms with Gasteiger partial charge in [-0.15, -0.1) is 11.3 Å². The highest BCUT2D eigenvalue weighted by Crippen LogP contribution is 2.47. The van der Waals surface area contributed by atoms with Crippen LogP contribution in [-0.4, -0.2) is 37.0 Å². The number of thiophene rings is 1. The second-order valence-corrected chi connectivity index (χ2v) is 7.32. The average molecular weight is 435 g/mol. The third-order valence-corrected chi connectivity index (χ3v) is 5.53. The molecule has 2 rings (SSSR count). The van der Waals surface area contributed by atoms with Crippen molar-refractivity contribution >= 4 is 28.2 Å². The Hall–Kier alpha value is -1.85. The lowest BCUT2D eigenvalue weighted by molar-refractivity contribution is -0.343. The van der Waals surface area contributed by atoms with Crippen molar-refractivity contribution in [3.63, 3.8) is 0 Å². The number of aryl methyl sites for hydroxylation is 1. The van der Waals surface area contributed by atoms with Crippen LogP contribution in [0.25, 0.3) is 0 Å². The number of alkyl halides is 7. The van der Waals surface area contributed by atoms with Crippen LogP contribution in [0.15, 0.2) is 0 Å². The number of nitrogens with one attached hydrogen (secondary N) is 1. The summed E-state index contributed by atoms with van der Waals surface area (Å²) in [6.07, 6.45) is -2.73. The smallest absolute Gasteiger partial charge is 0.460 e. The van der Waals surface area contributed by atoms with E-state index in [1.54, 1.807) is 0 Å². The van der Waals surface area contributed by atoms with Crippen molar-refractivity contribution < 1.29 is 45.1 Å². The Bertz CT molecular complexity index is 758. The fraction of sp³-hybridized carbons (Fsp3) is 0.625. The van der Waals surface area contributed by atoms with E-state index in [1.165, 1.54) is 5.32 Å². The molecular weight excluding hydrogens is 419 g/mol. The minimum absolute atomic E-state index is 0.288. The molecule has 0 unspecified atom stereocenters. The molecule has 0 bridgehead atoms. The van der Waals surface area contributed by atoms with Crippen molar-refractivity contribution in [2.45, 2.75) is 56.5 Å². The van der Waals surface area contributed by atoms with E-state index in [4.69, 9.17) is 0 Å². The molecule has 12 heteroatoms. The summed E-state index contributed by atoms with van der Waals surface area (Å²) < 4.78 is 94.8. The maximum atomic E-state index is 13.6. The first-order chi connectivity index (χ1) is 12.8. The standard InChI is InChI=1S/C16H16F7NO3S/c1-27-12(25)10-8-6-4-2-3-5-7-9(8)28-11(10)24-13(26)14(17,18)15(19,20)16(21,22)23/h2-7H2,1H3,(H,24,26). The molecule has 1 aromatic heterocycles. The lowest BCUT2D eigenvalue weighted by atomic mass is 9.96. The van der Waals surface area contributed by atoms with Gasteiger partial charge < -0.3 is 10.1 Å². The van der Waals surface area contributed by atoms with E-state index >= 15 is 0 Å². The molecule has 1 heterocycles. The first-order valence-electron chi connectivity index (χ1n) is 8.21. The summed E-state index contributed by atoms with van der Waals surface area (Å²) in [6, 6.07) is 0. The largest absolute Gasteiger partial charge is 0.465 e. The maximum Gasteiger partial charge on any atom is 0.460 e. The highest BCUT2D eigenvalue weighted by molar-refractivity contribution is 7.17. The number of esters is 1. The summed E-state index contributed by atoms with van der Waals surface area (Å²) in [6.45, 7) is 0. The Morgan fingerprint density at radius 1 is 0.964 bits per heavy atom. The molecule has 0 aliphatic heterocycles. The van der Waals surface area contributed by atoms with Gasteiger partial charge in [0.1, 0.15) is 5.00 Å². The van der Waals surface area contributed by atoms with Crippen LogP contribution in [0.5, 0.6) is 0 Å². The molecule has 1 amide bonds. The summed E-state index contributed by atoms with van der Waals surface area (Å²) in [5.41, 5.74) is 0.140. The number of halogens is 7. The molecular formula is C16H16F7NO3S. The SMILES string of the molecule is COC(=O)c1c(NC(=O)C(F)(F)C(F)(F)C(F)(F)F)sc2c1CCCCCC2. The van der Waals surface area contributed by atoms with Gasteiger partial charge in [0, 0.05) is 4.88 Å². The van der Waals surface area contributed by atoms with Crippen LogP contribution < -0.4 is 5.32 Å². The molecule has 1 aromatic rings. The van der Waals surface area contributed by atoms with Crippen LogP contribution >= 0.6 is 11.3 Å². The second-order valence-electron chi connectivity index (χ2n) is 6.21. The number of anilines is 1. The highest BCUT2D eigenvalue weighted by Gasteiger charge is 2.76. The number of carbonyl (C=O) groups is 2. The quantitative estimate of drug-likeness (QED) is 0.537. The normalized spacial score (nSPS) is 16.0. The van der Waals surface area contributed by atoms with Gasteiger partial charge in [0.2, 0.25) is 0 Å². The van der Waals surface area contributed by atoms with Gasteiger partial charge in [-0.1, -0.05) is 12.8 Å². The number of hydrogen-bond acceptors (Lipinski definition) is 4. The van der Waals surface area contributed by atoms with Crippen LogP contribution in [0.4, 0.5) is 35.7 Å². The zero-order valence-electron chi connectivity index (χ0n) is 14.5. The monoisotopic (exact) mass is 435 g/mol. The molecule has 1 aliphatic carbocycles. The van der Waals surface area contributed by atoms with Crippen molar-refractivity contribution in [1.82, 2.24) is 0 Å².